The quantitative estimate of drug-likeness (QED) is 0.128. The van der Waals surface area contributed by atoms with Crippen molar-refractivity contribution in [3.05, 3.63) is 92.6 Å². The van der Waals surface area contributed by atoms with Crippen LogP contribution in [-0.2, 0) is 12.1 Å². The first-order valence-electron chi connectivity index (χ1n) is 10.8. The second-order valence-corrected chi connectivity index (χ2v) is 9.35. The van der Waals surface area contributed by atoms with Crippen LogP contribution in [0.1, 0.15) is 38.8 Å². The third kappa shape index (κ3) is 5.96. The van der Waals surface area contributed by atoms with Gasteiger partial charge < -0.3 is 15.8 Å². The predicted molar refractivity (Wildman–Crippen MR) is 131 cm³/mol. The van der Waals surface area contributed by atoms with E-state index in [2.05, 4.69) is 38.2 Å². The number of alkyl halides is 7. The smallest absolute Gasteiger partial charge is 0.434 e. The van der Waals surface area contributed by atoms with Crippen LogP contribution in [0, 0.1) is 11.0 Å². The Morgan fingerprint density at radius 1 is 1.00 bits per heavy atom. The highest BCUT2D eigenvalue weighted by molar-refractivity contribution is 9.10. The van der Waals surface area contributed by atoms with Gasteiger partial charge in [-0.05, 0) is 63.8 Å². The fourth-order valence-corrected chi connectivity index (χ4v) is 4.33. The van der Waals surface area contributed by atoms with Crippen molar-refractivity contribution in [2.75, 3.05) is 10.6 Å². The summed E-state index contributed by atoms with van der Waals surface area (Å²) in [5.74, 6) is -3.09. The predicted octanol–water partition coefficient (Wildman–Crippen LogP) is 6.85. The van der Waals surface area contributed by atoms with E-state index in [4.69, 9.17) is 0 Å². The Balaban J connectivity index is 1.95. The minimum atomic E-state index is -6.10. The van der Waals surface area contributed by atoms with Gasteiger partial charge in [-0.25, -0.2) is 8.78 Å². The Morgan fingerprint density at radius 3 is 2.15 bits per heavy atom. The van der Waals surface area contributed by atoms with E-state index >= 15 is 4.39 Å². The topological polar surface area (TPSA) is 85.1 Å². The molecule has 0 bridgehead atoms. The number of halogens is 9. The summed E-state index contributed by atoms with van der Waals surface area (Å²) in [6, 6.07) is 6.63. The third-order valence-electron chi connectivity index (χ3n) is 5.53. The second-order valence-electron chi connectivity index (χ2n) is 8.02. The summed E-state index contributed by atoms with van der Waals surface area (Å²) in [6.45, 7) is 1.39. The Labute approximate surface area is 229 Å². The number of hydrogen-bond donors (Lipinski definition) is 2. The van der Waals surface area contributed by atoms with Crippen LogP contribution in [0.2, 0.25) is 0 Å². The van der Waals surface area contributed by atoms with E-state index in [-0.39, 0.29) is 23.2 Å². The number of amides is 2. The molecular formula is C24H16BrClF7N3O3. The molecule has 208 valence electrons. The molecule has 0 saturated heterocycles. The summed E-state index contributed by atoms with van der Waals surface area (Å²) in [4.78, 5) is 25.2. The van der Waals surface area contributed by atoms with Gasteiger partial charge in [-0.2, -0.15) is 26.7 Å². The number of pyridine rings is 1. The maximum atomic E-state index is 15.1. The van der Waals surface area contributed by atoms with E-state index in [0.717, 1.165) is 24.5 Å². The third-order valence-corrected chi connectivity index (χ3v) is 6.41. The molecule has 0 radical (unpaired) electrons. The van der Waals surface area contributed by atoms with Crippen molar-refractivity contribution >= 4 is 50.7 Å². The molecule has 2 aromatic carbocycles. The van der Waals surface area contributed by atoms with E-state index in [1.54, 1.807) is 0 Å². The number of nitrogens with zero attached hydrogens (tertiary/aromatic N) is 1. The highest BCUT2D eigenvalue weighted by Crippen LogP contribution is 2.55. The molecule has 0 fully saturated rings. The number of carbonyl (C=O) groups excluding carboxylic acids is 2. The van der Waals surface area contributed by atoms with Gasteiger partial charge in [0.05, 0.1) is 22.5 Å². The van der Waals surface area contributed by atoms with E-state index in [9.17, 15) is 41.1 Å². The molecule has 0 aliphatic rings. The molecule has 3 aromatic rings. The fourth-order valence-electron chi connectivity index (χ4n) is 3.51. The summed E-state index contributed by atoms with van der Waals surface area (Å²) in [6.07, 6.45) is -4.18. The standard InChI is InChI=1S/C24H16BrClF7N3O3/c1-2-12-10-14(22(28,23(26,29)30)24(31,32)33)11-16(25)19(12)35-21(38)15-4-3-5-17(18(15)27)34-20(37)13-6-8-36(39)9-7-13/h3-11H,2H2,1H3,(H,34,37)(H,35,38). The summed E-state index contributed by atoms with van der Waals surface area (Å²) in [7, 11) is 0. The Kier molecular flexibility index (Phi) is 8.51. The normalized spacial score (nSPS) is 13.5. The van der Waals surface area contributed by atoms with Gasteiger partial charge in [0.1, 0.15) is 0 Å². The first-order valence-corrected chi connectivity index (χ1v) is 11.9. The summed E-state index contributed by atoms with van der Waals surface area (Å²) in [5, 5.41) is 10.3. The number of benzene rings is 2. The molecule has 0 aliphatic heterocycles. The number of nitrogens with one attached hydrogen (secondary N) is 2. The van der Waals surface area contributed by atoms with Gasteiger partial charge in [-0.1, -0.05) is 13.0 Å². The minimum Gasteiger partial charge on any atom is -0.619 e. The zero-order chi connectivity index (χ0) is 29.3. The van der Waals surface area contributed by atoms with Gasteiger partial charge in [0, 0.05) is 22.2 Å². The van der Waals surface area contributed by atoms with Gasteiger partial charge in [0.25, 0.3) is 11.8 Å². The molecule has 1 heterocycles. The van der Waals surface area contributed by atoms with Crippen LogP contribution in [0.4, 0.5) is 42.1 Å². The number of anilines is 2. The zero-order valence-electron chi connectivity index (χ0n) is 19.5. The molecule has 1 atom stereocenters. The average Bonchev–Trinajstić information content (AvgIpc) is 2.84. The fraction of sp³-hybridized carbons (Fsp3) is 0.208. The van der Waals surface area contributed by atoms with Crippen molar-refractivity contribution < 1.29 is 45.1 Å². The van der Waals surface area contributed by atoms with Crippen molar-refractivity contribution in [1.82, 2.24) is 0 Å². The Bertz CT molecular complexity index is 1400. The second kappa shape index (κ2) is 11.0. The van der Waals surface area contributed by atoms with Crippen molar-refractivity contribution in [2.45, 2.75) is 30.6 Å². The van der Waals surface area contributed by atoms with E-state index < -0.39 is 56.1 Å². The van der Waals surface area contributed by atoms with Crippen LogP contribution >= 0.6 is 27.5 Å². The number of aromatic nitrogens is 1. The van der Waals surface area contributed by atoms with E-state index in [1.807, 2.05) is 0 Å². The van der Waals surface area contributed by atoms with Crippen molar-refractivity contribution in [2.24, 2.45) is 0 Å². The lowest BCUT2D eigenvalue weighted by Crippen LogP contribution is -2.49. The van der Waals surface area contributed by atoms with Gasteiger partial charge in [0.15, 0.2) is 18.2 Å². The van der Waals surface area contributed by atoms with Crippen LogP contribution in [0.15, 0.2) is 59.3 Å². The van der Waals surface area contributed by atoms with Gasteiger partial charge in [-0.3, -0.25) is 9.59 Å². The molecule has 0 aliphatic carbocycles. The Morgan fingerprint density at radius 2 is 1.62 bits per heavy atom. The zero-order valence-corrected chi connectivity index (χ0v) is 21.8. The van der Waals surface area contributed by atoms with E-state index in [1.165, 1.54) is 25.1 Å². The van der Waals surface area contributed by atoms with Gasteiger partial charge >= 0.3 is 17.2 Å². The lowest BCUT2D eigenvalue weighted by atomic mass is 9.92. The average molecular weight is 643 g/mol. The first kappa shape index (κ1) is 30.2. The minimum absolute atomic E-state index is 0.0123. The van der Waals surface area contributed by atoms with Gasteiger partial charge in [-0.15, -0.1) is 0 Å². The molecule has 15 heteroatoms. The van der Waals surface area contributed by atoms with E-state index in [0.29, 0.717) is 16.9 Å². The van der Waals surface area contributed by atoms with Crippen molar-refractivity contribution in [3.8, 4) is 0 Å². The molecule has 1 aromatic heterocycles. The van der Waals surface area contributed by atoms with Crippen LogP contribution in [0.25, 0.3) is 0 Å². The first-order chi connectivity index (χ1) is 18.0. The monoisotopic (exact) mass is 641 g/mol. The lowest BCUT2D eigenvalue weighted by Gasteiger charge is -2.32. The number of rotatable bonds is 7. The number of carbonyl (C=O) groups is 2. The number of aryl methyl sites for hydroxylation is 1. The number of hydrogen-bond acceptors (Lipinski definition) is 3. The summed E-state index contributed by atoms with van der Waals surface area (Å²) >= 11 is 7.38. The van der Waals surface area contributed by atoms with Crippen molar-refractivity contribution in [3.63, 3.8) is 0 Å². The largest absolute Gasteiger partial charge is 0.619 e. The Hall–Kier alpha value is -3.39. The van der Waals surface area contributed by atoms with Crippen LogP contribution in [0.3, 0.4) is 0 Å². The molecule has 0 saturated carbocycles. The van der Waals surface area contributed by atoms with Crippen LogP contribution in [0.5, 0.6) is 0 Å². The molecule has 3 rings (SSSR count). The van der Waals surface area contributed by atoms with Crippen molar-refractivity contribution in [1.29, 1.82) is 0 Å². The lowest BCUT2D eigenvalue weighted by molar-refractivity contribution is -0.605. The maximum Gasteiger partial charge on any atom is 0.434 e. The maximum absolute atomic E-state index is 15.1. The molecular weight excluding hydrogens is 627 g/mol. The molecule has 1 unspecified atom stereocenters. The summed E-state index contributed by atoms with van der Waals surface area (Å²) in [5.41, 5.74) is -8.22. The highest BCUT2D eigenvalue weighted by Gasteiger charge is 2.72. The molecule has 0 spiro atoms. The SMILES string of the molecule is CCc1cc(C(F)(C(F)(F)F)C(F)(F)Cl)cc(Br)c1NC(=O)c1cccc(NC(=O)c2cc[n+]([O-])cc2)c1F. The molecule has 39 heavy (non-hydrogen) atoms. The molecule has 2 N–H and O–H groups in total. The van der Waals surface area contributed by atoms with Crippen LogP contribution in [-0.4, -0.2) is 23.4 Å². The highest BCUT2D eigenvalue weighted by atomic mass is 79.9. The molecule has 2 amide bonds. The van der Waals surface area contributed by atoms with Gasteiger partial charge in [0.2, 0.25) is 0 Å². The molecule has 6 nitrogen and oxygen atoms in total. The summed E-state index contributed by atoms with van der Waals surface area (Å²) < 4.78 is 97.4. The van der Waals surface area contributed by atoms with Crippen LogP contribution < -0.4 is 15.4 Å².